The number of hydrogen-bond acceptors (Lipinski definition) is 7. The fourth-order valence-electron chi connectivity index (χ4n) is 7.93. The first-order valence-electron chi connectivity index (χ1n) is 16.9. The van der Waals surface area contributed by atoms with Crippen molar-refractivity contribution < 1.29 is 23.5 Å². The number of aromatic nitrogens is 3. The molecular formula is C37H41FN6O4Si. The molecule has 0 aliphatic carbocycles. The Balaban J connectivity index is 1.18. The molecule has 1 fully saturated rings. The van der Waals surface area contributed by atoms with Crippen molar-refractivity contribution in [2.45, 2.75) is 76.0 Å². The standard InChI is InChI=1S/C37H41FN6O4Si/c1-25-35(49(2,3)38)33(18-20-42-24-28(19-21-45)39-41-42)48-37(25)30-14-7-8-15-32(30)43(36(37)47)23-26-10-9-13-29(22-26)44-34(46)17-16-31(40-44)27-11-5-4-6-12-27/h4-15,22,24-25,33,35,45H,16-21,23H2,1-3H3/t25-,33+,35-,37+/m0/s1. The highest BCUT2D eigenvalue weighted by molar-refractivity contribution is 6.72. The lowest BCUT2D eigenvalue weighted by Crippen LogP contribution is -2.45. The third-order valence-electron chi connectivity index (χ3n) is 10.1. The van der Waals surface area contributed by atoms with Crippen molar-refractivity contribution in [3.8, 4) is 0 Å². The first kappa shape index (κ1) is 33.0. The minimum atomic E-state index is -3.32. The van der Waals surface area contributed by atoms with Crippen LogP contribution in [0.25, 0.3) is 0 Å². The van der Waals surface area contributed by atoms with E-state index in [1.165, 1.54) is 5.01 Å². The summed E-state index contributed by atoms with van der Waals surface area (Å²) in [5.41, 5.74) is 3.71. The van der Waals surface area contributed by atoms with Gasteiger partial charge in [0.15, 0.2) is 5.60 Å². The van der Waals surface area contributed by atoms with Crippen LogP contribution in [0.15, 0.2) is 90.2 Å². The number of ether oxygens (including phenoxy) is 1. The SMILES string of the molecule is C[C@H]1[C@H]([Si](C)(C)F)[C@@H](CCn2cc(CCO)nn2)O[C@]12C(=O)N(Cc1cccc(N3N=C(c4ccccc4)CCC3=O)c1)c1ccccc12. The maximum atomic E-state index is 16.2. The Kier molecular flexibility index (Phi) is 8.80. The Morgan fingerprint density at radius 3 is 2.57 bits per heavy atom. The Labute approximate surface area is 286 Å². The number of amides is 2. The summed E-state index contributed by atoms with van der Waals surface area (Å²) < 4.78 is 24.8. The van der Waals surface area contributed by atoms with E-state index in [4.69, 9.17) is 9.84 Å². The summed E-state index contributed by atoms with van der Waals surface area (Å²) in [7, 11) is -3.32. The quantitative estimate of drug-likeness (QED) is 0.169. The van der Waals surface area contributed by atoms with Gasteiger partial charge in [0.2, 0.25) is 14.3 Å². The number of para-hydroxylation sites is 1. The number of carbonyl (C=O) groups excluding carboxylic acids is 2. The second-order valence-electron chi connectivity index (χ2n) is 13.7. The number of aryl methyl sites for hydroxylation is 1. The Hall–Kier alpha value is -4.52. The minimum Gasteiger partial charge on any atom is -0.396 e. The first-order valence-corrected chi connectivity index (χ1v) is 19.9. The summed E-state index contributed by atoms with van der Waals surface area (Å²) in [5.74, 6) is -0.703. The third-order valence-corrected chi connectivity index (χ3v) is 12.6. The molecule has 0 saturated carbocycles. The van der Waals surface area contributed by atoms with Crippen molar-refractivity contribution >= 4 is 37.3 Å². The van der Waals surface area contributed by atoms with Crippen LogP contribution in [0.1, 0.15) is 48.6 Å². The summed E-state index contributed by atoms with van der Waals surface area (Å²) in [5, 5.41) is 23.7. The van der Waals surface area contributed by atoms with E-state index in [2.05, 4.69) is 10.3 Å². The zero-order valence-corrected chi connectivity index (χ0v) is 29.0. The van der Waals surface area contributed by atoms with Gasteiger partial charge in [0, 0.05) is 55.6 Å². The molecule has 49 heavy (non-hydrogen) atoms. The molecule has 10 nitrogen and oxygen atoms in total. The van der Waals surface area contributed by atoms with Crippen LogP contribution in [0.2, 0.25) is 18.6 Å². The van der Waals surface area contributed by atoms with Crippen LogP contribution in [0.3, 0.4) is 0 Å². The number of hydrogen-bond donors (Lipinski definition) is 1. The maximum Gasteiger partial charge on any atom is 0.264 e. The molecule has 12 heteroatoms. The molecule has 254 valence electrons. The zero-order valence-electron chi connectivity index (χ0n) is 28.0. The molecule has 1 spiro atoms. The van der Waals surface area contributed by atoms with Crippen LogP contribution < -0.4 is 9.91 Å². The Bertz CT molecular complexity index is 1890. The number of carbonyl (C=O) groups is 2. The highest BCUT2D eigenvalue weighted by atomic mass is 28.4. The van der Waals surface area contributed by atoms with E-state index >= 15 is 4.11 Å². The smallest absolute Gasteiger partial charge is 0.264 e. The van der Waals surface area contributed by atoms with Gasteiger partial charge in [-0.25, -0.2) is 5.01 Å². The lowest BCUT2D eigenvalue weighted by Gasteiger charge is -2.31. The van der Waals surface area contributed by atoms with Gasteiger partial charge in [-0.1, -0.05) is 72.8 Å². The second-order valence-corrected chi connectivity index (χ2v) is 17.5. The van der Waals surface area contributed by atoms with Crippen molar-refractivity contribution in [1.82, 2.24) is 15.0 Å². The van der Waals surface area contributed by atoms with Gasteiger partial charge in [0.25, 0.3) is 5.91 Å². The van der Waals surface area contributed by atoms with E-state index in [-0.39, 0.29) is 25.0 Å². The largest absolute Gasteiger partial charge is 0.396 e. The average molecular weight is 681 g/mol. The van der Waals surface area contributed by atoms with Crippen LogP contribution in [-0.4, -0.2) is 58.7 Å². The fraction of sp³-hybridized carbons (Fsp3) is 0.378. The van der Waals surface area contributed by atoms with Gasteiger partial charge in [0.1, 0.15) is 0 Å². The van der Waals surface area contributed by atoms with Crippen molar-refractivity contribution in [2.24, 2.45) is 11.0 Å². The molecule has 0 bridgehead atoms. The van der Waals surface area contributed by atoms with Gasteiger partial charge in [-0.2, -0.15) is 5.10 Å². The summed E-state index contributed by atoms with van der Waals surface area (Å²) in [6.07, 6.45) is 3.08. The Morgan fingerprint density at radius 1 is 1.02 bits per heavy atom. The number of aliphatic hydroxyl groups excluding tert-OH is 1. The molecule has 0 unspecified atom stereocenters. The van der Waals surface area contributed by atoms with E-state index in [9.17, 15) is 14.7 Å². The Morgan fingerprint density at radius 2 is 1.80 bits per heavy atom. The van der Waals surface area contributed by atoms with E-state index < -0.39 is 31.6 Å². The van der Waals surface area contributed by atoms with Gasteiger partial charge < -0.3 is 18.9 Å². The molecule has 4 heterocycles. The highest BCUT2D eigenvalue weighted by Crippen LogP contribution is 2.60. The van der Waals surface area contributed by atoms with Crippen LogP contribution in [0, 0.1) is 5.92 Å². The number of halogens is 1. The van der Waals surface area contributed by atoms with E-state index in [0.717, 1.165) is 28.1 Å². The number of hydrazone groups is 1. The monoisotopic (exact) mass is 680 g/mol. The van der Waals surface area contributed by atoms with Gasteiger partial charge in [-0.05, 0) is 48.8 Å². The highest BCUT2D eigenvalue weighted by Gasteiger charge is 2.66. The van der Waals surface area contributed by atoms with Crippen molar-refractivity contribution in [3.05, 3.63) is 107 Å². The number of aliphatic hydroxyl groups is 1. The molecule has 3 aliphatic rings. The molecule has 3 aromatic carbocycles. The van der Waals surface area contributed by atoms with Crippen molar-refractivity contribution in [1.29, 1.82) is 0 Å². The van der Waals surface area contributed by atoms with Gasteiger partial charge in [-0.15, -0.1) is 5.10 Å². The van der Waals surface area contributed by atoms with E-state index in [1.54, 1.807) is 28.9 Å². The molecule has 4 atom stereocenters. The van der Waals surface area contributed by atoms with E-state index in [1.807, 2.05) is 85.8 Å². The number of benzene rings is 3. The zero-order chi connectivity index (χ0) is 34.3. The van der Waals surface area contributed by atoms with Gasteiger partial charge in [-0.3, -0.25) is 14.3 Å². The second kappa shape index (κ2) is 13.1. The minimum absolute atomic E-state index is 0.0179. The lowest BCUT2D eigenvalue weighted by atomic mass is 9.82. The van der Waals surface area contributed by atoms with Crippen LogP contribution in [0.4, 0.5) is 15.5 Å². The van der Waals surface area contributed by atoms with Crippen LogP contribution in [0.5, 0.6) is 0 Å². The summed E-state index contributed by atoms with van der Waals surface area (Å²) >= 11 is 0. The van der Waals surface area contributed by atoms with Crippen molar-refractivity contribution in [3.63, 3.8) is 0 Å². The van der Waals surface area contributed by atoms with Gasteiger partial charge in [0.05, 0.1) is 35.4 Å². The summed E-state index contributed by atoms with van der Waals surface area (Å²) in [4.78, 5) is 29.6. The summed E-state index contributed by atoms with van der Waals surface area (Å²) in [6, 6.07) is 25.1. The molecule has 2 amide bonds. The fourth-order valence-corrected chi connectivity index (χ4v) is 10.5. The van der Waals surface area contributed by atoms with E-state index in [0.29, 0.717) is 43.6 Å². The molecule has 1 N–H and O–H groups in total. The van der Waals surface area contributed by atoms with Crippen LogP contribution in [-0.2, 0) is 39.4 Å². The maximum absolute atomic E-state index is 16.2. The number of anilines is 2. The topological polar surface area (TPSA) is 113 Å². The number of fused-ring (bicyclic) bond motifs is 2. The molecule has 1 saturated heterocycles. The average Bonchev–Trinajstić information content (AvgIpc) is 3.74. The molecule has 0 radical (unpaired) electrons. The molecule has 4 aromatic rings. The molecule has 1 aromatic heterocycles. The first-order chi connectivity index (χ1) is 23.6. The van der Waals surface area contributed by atoms with Crippen LogP contribution >= 0.6 is 0 Å². The lowest BCUT2D eigenvalue weighted by molar-refractivity contribution is -0.146. The molecule has 7 rings (SSSR count). The van der Waals surface area contributed by atoms with Gasteiger partial charge >= 0.3 is 0 Å². The predicted molar refractivity (Wildman–Crippen MR) is 187 cm³/mol. The molecular weight excluding hydrogens is 640 g/mol. The number of nitrogens with zero attached hydrogens (tertiary/aromatic N) is 6. The predicted octanol–water partition coefficient (Wildman–Crippen LogP) is 5.76. The molecule has 3 aliphatic heterocycles. The normalized spacial score (nSPS) is 23.8. The third kappa shape index (κ3) is 6.02. The van der Waals surface area contributed by atoms with Crippen molar-refractivity contribution in [2.75, 3.05) is 16.5 Å². The number of rotatable bonds is 10. The summed E-state index contributed by atoms with van der Waals surface area (Å²) in [6.45, 7) is 6.02.